The molecule has 0 unspecified atom stereocenters. The van der Waals surface area contributed by atoms with E-state index in [0.29, 0.717) is 0 Å². The molecule has 0 fully saturated rings. The van der Waals surface area contributed by atoms with Crippen molar-refractivity contribution < 1.29 is 95.3 Å². The Morgan fingerprint density at radius 3 is 0.643 bits per heavy atom. The van der Waals surface area contributed by atoms with Crippen molar-refractivity contribution in [2.75, 3.05) is 0 Å². The Labute approximate surface area is 187 Å². The molecule has 0 saturated heterocycles. The molecule has 0 aromatic heterocycles. The van der Waals surface area contributed by atoms with Crippen LogP contribution in [0.25, 0.3) is 0 Å². The number of carboxylic acid groups (broad SMARTS) is 3. The van der Waals surface area contributed by atoms with Crippen LogP contribution in [0.1, 0.15) is 40.0 Å². The van der Waals surface area contributed by atoms with Gasteiger partial charge in [0.2, 0.25) is 0 Å². The molecule has 0 aromatic rings. The first-order valence-electron chi connectivity index (χ1n) is 6.82. The van der Waals surface area contributed by atoms with Crippen LogP contribution in [0.4, 0.5) is 0 Å². The molecule has 0 aliphatic heterocycles. The van der Waals surface area contributed by atoms with Crippen LogP contribution < -0.4 is 15.3 Å². The maximum Gasteiger partial charge on any atom is 3.00 e. The number of hydrogen-bond acceptors (Lipinski definition) is 12. The Bertz CT molecular complexity index is 572. The topological polar surface area (TPSA) is 223 Å². The number of carbonyl (C=O) groups excluding carboxylic acids is 9. The minimum Gasteiger partial charge on any atom is -0.542 e. The van der Waals surface area contributed by atoms with Gasteiger partial charge in [-0.1, -0.05) is 0 Å². The van der Waals surface area contributed by atoms with E-state index in [0.717, 1.165) is 20.8 Å². The van der Waals surface area contributed by atoms with Gasteiger partial charge in [0.05, 0.1) is 19.3 Å². The van der Waals surface area contributed by atoms with E-state index >= 15 is 0 Å². The summed E-state index contributed by atoms with van der Waals surface area (Å²) in [6.45, 7) is 3.42. The van der Waals surface area contributed by atoms with E-state index in [1.165, 1.54) is 0 Å². The van der Waals surface area contributed by atoms with Crippen LogP contribution in [0.15, 0.2) is 0 Å². The molecule has 28 heavy (non-hydrogen) atoms. The second-order valence-electron chi connectivity index (χ2n) is 4.77. The van der Waals surface area contributed by atoms with Gasteiger partial charge < -0.3 is 29.7 Å². The van der Waals surface area contributed by atoms with Crippen LogP contribution in [0.2, 0.25) is 0 Å². The van der Waals surface area contributed by atoms with Gasteiger partial charge in [0.15, 0.2) is 17.3 Å². The molecule has 0 spiro atoms. The molecule has 0 radical (unpaired) electrons. The molecule has 162 valence electrons. The summed E-state index contributed by atoms with van der Waals surface area (Å²) in [5, 5.41) is 28.9. The van der Waals surface area contributed by atoms with Crippen molar-refractivity contribution in [3.63, 3.8) is 0 Å². The van der Waals surface area contributed by atoms with Gasteiger partial charge in [-0.15, -0.1) is 0 Å². The Morgan fingerprint density at radius 1 is 0.464 bits per heavy atom. The fourth-order valence-electron chi connectivity index (χ4n) is 0.895. The van der Waals surface area contributed by atoms with Crippen LogP contribution >= 0.6 is 0 Å². The van der Waals surface area contributed by atoms with E-state index < -0.39 is 71.9 Å². The third kappa shape index (κ3) is 25.9. The SMILES string of the molecule is CC(=O)CC(=O)C(=O)[O-].CC(=O)CC(=O)C(=O)[O-].CC(=O)CC(=O)C(=O)[O-].[Lu+3]. The van der Waals surface area contributed by atoms with Crippen LogP contribution in [0.3, 0.4) is 0 Å². The van der Waals surface area contributed by atoms with Gasteiger partial charge in [-0.2, -0.15) is 0 Å². The van der Waals surface area contributed by atoms with Crippen molar-refractivity contribution in [2.45, 2.75) is 40.0 Å². The average Bonchev–Trinajstić information content (AvgIpc) is 2.46. The number of aliphatic carboxylic acids is 3. The molecule has 0 aliphatic carbocycles. The zero-order valence-electron chi connectivity index (χ0n) is 14.8. The van der Waals surface area contributed by atoms with E-state index in [2.05, 4.69) is 0 Å². The quantitative estimate of drug-likeness (QED) is 0.190. The van der Waals surface area contributed by atoms with Gasteiger partial charge >= 0.3 is 36.9 Å². The first-order chi connectivity index (χ1) is 12.1. The molecular formula is C15H15LuO12. The maximum absolute atomic E-state index is 10.1. The molecule has 0 heterocycles. The fourth-order valence-corrected chi connectivity index (χ4v) is 0.895. The second-order valence-corrected chi connectivity index (χ2v) is 4.77. The molecule has 0 atom stereocenters. The normalized spacial score (nSPS) is 8.25. The molecule has 0 N–H and O–H groups in total. The largest absolute Gasteiger partial charge is 3.00 e. The van der Waals surface area contributed by atoms with Crippen molar-refractivity contribution in [3.8, 4) is 0 Å². The molecule has 12 nitrogen and oxygen atoms in total. The molecule has 13 heteroatoms. The fraction of sp³-hybridized carbons (Fsp3) is 0.400. The van der Waals surface area contributed by atoms with Crippen LogP contribution in [0, 0.1) is 36.9 Å². The summed E-state index contributed by atoms with van der Waals surface area (Å²) in [5.41, 5.74) is 0. The summed E-state index contributed by atoms with van der Waals surface area (Å²) in [7, 11) is 0. The summed E-state index contributed by atoms with van der Waals surface area (Å²) in [4.78, 5) is 89.2. The number of carbonyl (C=O) groups is 9. The average molecular weight is 562 g/mol. The number of hydrogen-bond donors (Lipinski definition) is 0. The van der Waals surface area contributed by atoms with Crippen LogP contribution in [0.5, 0.6) is 0 Å². The molecule has 0 bridgehead atoms. The first kappa shape index (κ1) is 33.3. The van der Waals surface area contributed by atoms with Crippen molar-refractivity contribution in [1.82, 2.24) is 0 Å². The zero-order chi connectivity index (χ0) is 22.3. The summed E-state index contributed by atoms with van der Waals surface area (Å²) in [6, 6.07) is 0. The number of rotatable bonds is 9. The van der Waals surface area contributed by atoms with Crippen molar-refractivity contribution in [1.29, 1.82) is 0 Å². The Morgan fingerprint density at radius 2 is 0.607 bits per heavy atom. The monoisotopic (exact) mass is 562 g/mol. The van der Waals surface area contributed by atoms with Gasteiger partial charge in [-0.05, 0) is 20.8 Å². The molecule has 0 amide bonds. The van der Waals surface area contributed by atoms with Crippen molar-refractivity contribution >= 4 is 52.6 Å². The van der Waals surface area contributed by atoms with Gasteiger partial charge in [0.1, 0.15) is 35.3 Å². The Kier molecular flexibility index (Phi) is 21.4. The predicted molar refractivity (Wildman–Crippen MR) is 75.9 cm³/mol. The van der Waals surface area contributed by atoms with Gasteiger partial charge in [0.25, 0.3) is 0 Å². The third-order valence-electron chi connectivity index (χ3n) is 1.91. The predicted octanol–water partition coefficient (Wildman–Crippen LogP) is -5.15. The Hall–Kier alpha value is -2.34. The van der Waals surface area contributed by atoms with Crippen molar-refractivity contribution in [2.24, 2.45) is 0 Å². The third-order valence-corrected chi connectivity index (χ3v) is 1.91. The summed E-state index contributed by atoms with van der Waals surface area (Å²) in [5.74, 6) is -10.3. The van der Waals surface area contributed by atoms with Gasteiger partial charge in [0, 0.05) is 0 Å². The first-order valence-corrected chi connectivity index (χ1v) is 6.82. The van der Waals surface area contributed by atoms with Crippen LogP contribution in [-0.2, 0) is 43.2 Å². The molecule has 0 aromatic carbocycles. The van der Waals surface area contributed by atoms with Crippen LogP contribution in [-0.4, -0.2) is 52.6 Å². The van der Waals surface area contributed by atoms with Gasteiger partial charge in [-0.25, -0.2) is 0 Å². The van der Waals surface area contributed by atoms with E-state index in [1.807, 2.05) is 0 Å². The summed E-state index contributed by atoms with van der Waals surface area (Å²) >= 11 is 0. The molecule has 0 rings (SSSR count). The van der Waals surface area contributed by atoms with E-state index in [9.17, 15) is 58.5 Å². The summed E-state index contributed by atoms with van der Waals surface area (Å²) < 4.78 is 0. The smallest absolute Gasteiger partial charge is 0.542 e. The van der Waals surface area contributed by atoms with E-state index in [1.54, 1.807) is 0 Å². The maximum atomic E-state index is 10.1. The molecule has 0 saturated carbocycles. The van der Waals surface area contributed by atoms with E-state index in [4.69, 9.17) is 0 Å². The van der Waals surface area contributed by atoms with E-state index in [-0.39, 0.29) is 36.9 Å². The number of ketones is 6. The number of carboxylic acids is 3. The number of Topliss-reactive ketones (excluding diaryl/α,β-unsaturated/α-hetero) is 6. The Balaban J connectivity index is -0.000000152. The molecule has 0 aliphatic rings. The minimum atomic E-state index is -1.80. The summed E-state index contributed by atoms with van der Waals surface area (Å²) in [6.07, 6.45) is -1.70. The van der Waals surface area contributed by atoms with Crippen molar-refractivity contribution in [3.05, 3.63) is 0 Å². The molecular weight excluding hydrogens is 547 g/mol. The van der Waals surface area contributed by atoms with Gasteiger partial charge in [-0.3, -0.25) is 28.8 Å². The second kappa shape index (κ2) is 18.0. The minimum absolute atomic E-state index is 0. The zero-order valence-corrected chi connectivity index (χ0v) is 16.4. The standard InChI is InChI=1S/3C5H6O4.Lu/c3*1-3(6)2-4(7)5(8)9;/h3*2H2,1H3,(H,8,9);/q;;;+3/p-3.